The normalized spacial score (nSPS) is 10.9. The topological polar surface area (TPSA) is 0 Å². The van der Waals surface area contributed by atoms with Crippen molar-refractivity contribution in [1.82, 2.24) is 0 Å². The first-order valence-electron chi connectivity index (χ1n) is 8.96. The molecule has 0 aromatic heterocycles. The van der Waals surface area contributed by atoms with Gasteiger partial charge in [-0.25, -0.2) is 0 Å². The van der Waals surface area contributed by atoms with E-state index in [-0.39, 0.29) is 0 Å². The lowest BCUT2D eigenvalue weighted by atomic mass is 9.86. The minimum absolute atomic E-state index is 1.07. The van der Waals surface area contributed by atoms with Crippen LogP contribution in [-0.4, -0.2) is 0 Å². The quantitative estimate of drug-likeness (QED) is 0.549. The molecule has 0 aliphatic carbocycles. The van der Waals surface area contributed by atoms with E-state index < -0.39 is 0 Å². The van der Waals surface area contributed by atoms with E-state index in [9.17, 15) is 0 Å². The zero-order valence-electron chi connectivity index (χ0n) is 14.5. The van der Waals surface area contributed by atoms with Gasteiger partial charge in [-0.05, 0) is 53.5 Å². The standard InChI is InChI=1S/C22H30/c1-4-10-19-15-16-20(17-18-13-8-7-9-14-18)22(12-6-3)21(19)11-5-2/h7-9,13-16H,4-6,10-12,17H2,1-3H3. The van der Waals surface area contributed by atoms with Crippen molar-refractivity contribution in [2.45, 2.75) is 65.7 Å². The Morgan fingerprint density at radius 3 is 1.73 bits per heavy atom. The highest BCUT2D eigenvalue weighted by Gasteiger charge is 2.12. The van der Waals surface area contributed by atoms with Gasteiger partial charge in [-0.2, -0.15) is 0 Å². The van der Waals surface area contributed by atoms with Gasteiger partial charge >= 0.3 is 0 Å². The van der Waals surface area contributed by atoms with Crippen LogP contribution < -0.4 is 0 Å². The van der Waals surface area contributed by atoms with Crippen LogP contribution >= 0.6 is 0 Å². The van der Waals surface area contributed by atoms with E-state index in [0.717, 1.165) is 6.42 Å². The van der Waals surface area contributed by atoms with Gasteiger partial charge in [0.1, 0.15) is 0 Å². The smallest absolute Gasteiger partial charge is 0.00229 e. The molecule has 0 amide bonds. The third-order valence-electron chi connectivity index (χ3n) is 4.38. The monoisotopic (exact) mass is 294 g/mol. The number of benzene rings is 2. The van der Waals surface area contributed by atoms with Crippen LogP contribution in [0.15, 0.2) is 42.5 Å². The van der Waals surface area contributed by atoms with Gasteiger partial charge in [0.25, 0.3) is 0 Å². The highest BCUT2D eigenvalue weighted by atomic mass is 14.2. The Balaban J connectivity index is 2.41. The maximum absolute atomic E-state index is 2.39. The second kappa shape index (κ2) is 8.78. The Kier molecular flexibility index (Phi) is 6.71. The molecule has 0 unspecified atom stereocenters. The average Bonchev–Trinajstić information content (AvgIpc) is 2.54. The maximum Gasteiger partial charge on any atom is -0.00229 e. The summed E-state index contributed by atoms with van der Waals surface area (Å²) in [6, 6.07) is 15.7. The lowest BCUT2D eigenvalue weighted by Gasteiger charge is -2.19. The Bertz CT molecular complexity index is 566. The van der Waals surface area contributed by atoms with Crippen LogP contribution in [0.4, 0.5) is 0 Å². The fourth-order valence-electron chi connectivity index (χ4n) is 3.40. The summed E-state index contributed by atoms with van der Waals surface area (Å²) < 4.78 is 0. The van der Waals surface area contributed by atoms with Crippen molar-refractivity contribution in [3.8, 4) is 0 Å². The fraction of sp³-hybridized carbons (Fsp3) is 0.455. The highest BCUT2D eigenvalue weighted by molar-refractivity contribution is 5.44. The zero-order valence-corrected chi connectivity index (χ0v) is 14.5. The van der Waals surface area contributed by atoms with E-state index in [1.54, 1.807) is 16.7 Å². The van der Waals surface area contributed by atoms with Crippen LogP contribution in [0, 0.1) is 0 Å². The predicted octanol–water partition coefficient (Wildman–Crippen LogP) is 6.13. The van der Waals surface area contributed by atoms with Gasteiger partial charge in [-0.3, -0.25) is 0 Å². The SMILES string of the molecule is CCCc1ccc(Cc2ccccc2)c(CCC)c1CCC. The molecule has 2 aromatic rings. The summed E-state index contributed by atoms with van der Waals surface area (Å²) in [5.74, 6) is 0. The van der Waals surface area contributed by atoms with Gasteiger partial charge in [0, 0.05) is 0 Å². The van der Waals surface area contributed by atoms with Crippen LogP contribution in [0.2, 0.25) is 0 Å². The van der Waals surface area contributed by atoms with Crippen LogP contribution in [0.25, 0.3) is 0 Å². The van der Waals surface area contributed by atoms with Crippen LogP contribution in [-0.2, 0) is 25.7 Å². The number of hydrogen-bond acceptors (Lipinski definition) is 0. The van der Waals surface area contributed by atoms with Crippen LogP contribution in [0.3, 0.4) is 0 Å². The van der Waals surface area contributed by atoms with Crippen molar-refractivity contribution in [2.75, 3.05) is 0 Å². The first kappa shape index (κ1) is 16.8. The lowest BCUT2D eigenvalue weighted by Crippen LogP contribution is -2.05. The fourth-order valence-corrected chi connectivity index (χ4v) is 3.40. The van der Waals surface area contributed by atoms with Crippen LogP contribution in [0.5, 0.6) is 0 Å². The molecule has 0 aliphatic heterocycles. The van der Waals surface area contributed by atoms with Gasteiger partial charge in [0.2, 0.25) is 0 Å². The first-order valence-corrected chi connectivity index (χ1v) is 8.96. The molecule has 0 fully saturated rings. The summed E-state index contributed by atoms with van der Waals surface area (Å²) in [6.07, 6.45) is 8.44. The molecule has 0 atom stereocenters. The maximum atomic E-state index is 2.39. The van der Waals surface area contributed by atoms with E-state index in [1.165, 1.54) is 49.7 Å². The average molecular weight is 294 g/mol. The van der Waals surface area contributed by atoms with Gasteiger partial charge < -0.3 is 0 Å². The van der Waals surface area contributed by atoms with Crippen molar-refractivity contribution in [3.05, 3.63) is 70.3 Å². The molecular weight excluding hydrogens is 264 g/mol. The summed E-state index contributed by atoms with van der Waals surface area (Å²) in [6.45, 7) is 6.89. The summed E-state index contributed by atoms with van der Waals surface area (Å²) >= 11 is 0. The molecule has 0 heteroatoms. The molecule has 22 heavy (non-hydrogen) atoms. The number of aryl methyl sites for hydroxylation is 1. The van der Waals surface area contributed by atoms with Crippen molar-refractivity contribution in [2.24, 2.45) is 0 Å². The predicted molar refractivity (Wildman–Crippen MR) is 97.7 cm³/mol. The lowest BCUT2D eigenvalue weighted by molar-refractivity contribution is 0.815. The van der Waals surface area contributed by atoms with Gasteiger partial charge in [0.05, 0.1) is 0 Å². The van der Waals surface area contributed by atoms with Gasteiger partial charge in [0.15, 0.2) is 0 Å². The minimum atomic E-state index is 1.07. The summed E-state index contributed by atoms with van der Waals surface area (Å²) in [5, 5.41) is 0. The van der Waals surface area contributed by atoms with E-state index in [2.05, 4.69) is 63.2 Å². The Hall–Kier alpha value is -1.56. The minimum Gasteiger partial charge on any atom is -0.0651 e. The first-order chi connectivity index (χ1) is 10.8. The molecule has 0 heterocycles. The number of rotatable bonds is 8. The Labute approximate surface area is 136 Å². The third-order valence-corrected chi connectivity index (χ3v) is 4.38. The molecule has 118 valence electrons. The van der Waals surface area contributed by atoms with E-state index in [4.69, 9.17) is 0 Å². The Morgan fingerprint density at radius 1 is 0.591 bits per heavy atom. The van der Waals surface area contributed by atoms with E-state index in [1.807, 2.05) is 0 Å². The summed E-state index contributed by atoms with van der Waals surface area (Å²) in [5.41, 5.74) is 7.84. The van der Waals surface area contributed by atoms with Crippen LogP contribution in [0.1, 0.15) is 67.9 Å². The molecular formula is C22H30. The van der Waals surface area contributed by atoms with Gasteiger partial charge in [-0.1, -0.05) is 82.5 Å². The molecule has 0 radical (unpaired) electrons. The number of hydrogen-bond donors (Lipinski definition) is 0. The molecule has 0 saturated heterocycles. The second-order valence-corrected chi connectivity index (χ2v) is 6.25. The van der Waals surface area contributed by atoms with Crippen molar-refractivity contribution in [3.63, 3.8) is 0 Å². The molecule has 0 spiro atoms. The molecule has 0 aliphatic rings. The zero-order chi connectivity index (χ0) is 15.8. The molecule has 0 saturated carbocycles. The molecule has 2 rings (SSSR count). The van der Waals surface area contributed by atoms with E-state index >= 15 is 0 Å². The van der Waals surface area contributed by atoms with Crippen molar-refractivity contribution >= 4 is 0 Å². The van der Waals surface area contributed by atoms with E-state index in [0.29, 0.717) is 0 Å². The highest BCUT2D eigenvalue weighted by Crippen LogP contribution is 2.26. The van der Waals surface area contributed by atoms with Gasteiger partial charge in [-0.15, -0.1) is 0 Å². The third kappa shape index (κ3) is 4.22. The molecule has 0 bridgehead atoms. The Morgan fingerprint density at radius 2 is 1.14 bits per heavy atom. The van der Waals surface area contributed by atoms with Crippen molar-refractivity contribution in [1.29, 1.82) is 0 Å². The summed E-state index contributed by atoms with van der Waals surface area (Å²) in [4.78, 5) is 0. The molecule has 0 nitrogen and oxygen atoms in total. The molecule has 0 N–H and O–H groups in total. The second-order valence-electron chi connectivity index (χ2n) is 6.25. The van der Waals surface area contributed by atoms with Crippen molar-refractivity contribution < 1.29 is 0 Å². The summed E-state index contributed by atoms with van der Waals surface area (Å²) in [7, 11) is 0. The largest absolute Gasteiger partial charge is 0.0651 e. The molecule has 2 aromatic carbocycles.